The highest BCUT2D eigenvalue weighted by molar-refractivity contribution is 5.14. The van der Waals surface area contributed by atoms with Crippen molar-refractivity contribution >= 4 is 0 Å². The molecule has 0 radical (unpaired) electrons. The van der Waals surface area contributed by atoms with Crippen molar-refractivity contribution in [1.29, 1.82) is 0 Å². The van der Waals surface area contributed by atoms with E-state index >= 15 is 0 Å². The number of benzene rings is 1. The average molecular weight is 177 g/mol. The van der Waals surface area contributed by atoms with Crippen molar-refractivity contribution in [3.8, 4) is 0 Å². The van der Waals surface area contributed by atoms with Gasteiger partial charge in [0.1, 0.15) is 0 Å². The third-order valence-corrected chi connectivity index (χ3v) is 2.21. The van der Waals surface area contributed by atoms with Gasteiger partial charge in [0.05, 0.1) is 12.7 Å². The first kappa shape index (κ1) is 8.73. The van der Waals surface area contributed by atoms with E-state index in [0.29, 0.717) is 6.10 Å². The Bertz CT molecular complexity index is 256. The van der Waals surface area contributed by atoms with E-state index < -0.39 is 0 Å². The van der Waals surface area contributed by atoms with Crippen LogP contribution in [-0.2, 0) is 11.3 Å². The van der Waals surface area contributed by atoms with Gasteiger partial charge in [0.25, 0.3) is 0 Å². The summed E-state index contributed by atoms with van der Waals surface area (Å²) < 4.78 is 5.18. The summed E-state index contributed by atoms with van der Waals surface area (Å²) in [5.41, 5.74) is 1.37. The zero-order valence-corrected chi connectivity index (χ0v) is 7.94. The van der Waals surface area contributed by atoms with Gasteiger partial charge in [-0.3, -0.25) is 4.90 Å². The largest absolute Gasteiger partial charge is 0.372 e. The smallest absolute Gasteiger partial charge is 0.0936 e. The molecule has 1 aromatic carbocycles. The Hall–Kier alpha value is -0.860. The summed E-state index contributed by atoms with van der Waals surface area (Å²) >= 11 is 0. The molecule has 70 valence electrons. The van der Waals surface area contributed by atoms with Crippen LogP contribution in [0.1, 0.15) is 5.56 Å². The molecule has 0 spiro atoms. The summed E-state index contributed by atoms with van der Waals surface area (Å²) in [7, 11) is 2.13. The highest BCUT2D eigenvalue weighted by Crippen LogP contribution is 2.11. The monoisotopic (exact) mass is 177 g/mol. The van der Waals surface area contributed by atoms with E-state index in [2.05, 4.69) is 36.2 Å². The Balaban J connectivity index is 1.82. The molecule has 1 heterocycles. The predicted molar refractivity (Wildman–Crippen MR) is 52.5 cm³/mol. The Labute approximate surface area is 79.1 Å². The normalized spacial score (nSPS) is 20.6. The molecule has 1 aliphatic rings. The van der Waals surface area contributed by atoms with Crippen LogP contribution in [0.3, 0.4) is 0 Å². The third-order valence-electron chi connectivity index (χ3n) is 2.21. The molecule has 0 unspecified atom stereocenters. The number of hydrogen-bond donors (Lipinski definition) is 0. The zero-order chi connectivity index (χ0) is 9.10. The van der Waals surface area contributed by atoms with Crippen LogP contribution in [0.5, 0.6) is 0 Å². The number of nitrogens with zero attached hydrogens (tertiary/aromatic N) is 1. The summed E-state index contributed by atoms with van der Waals surface area (Å²) in [6.45, 7) is 3.01. The number of rotatable bonds is 4. The van der Waals surface area contributed by atoms with Crippen molar-refractivity contribution in [2.24, 2.45) is 0 Å². The topological polar surface area (TPSA) is 15.8 Å². The van der Waals surface area contributed by atoms with Gasteiger partial charge in [0.2, 0.25) is 0 Å². The molecule has 1 aromatic rings. The van der Waals surface area contributed by atoms with Gasteiger partial charge in [-0.15, -0.1) is 0 Å². The van der Waals surface area contributed by atoms with Gasteiger partial charge < -0.3 is 4.74 Å². The van der Waals surface area contributed by atoms with Crippen molar-refractivity contribution < 1.29 is 4.74 Å². The molecule has 1 aliphatic heterocycles. The fraction of sp³-hybridized carbons (Fsp3) is 0.455. The zero-order valence-electron chi connectivity index (χ0n) is 7.94. The van der Waals surface area contributed by atoms with Crippen LogP contribution in [0.15, 0.2) is 30.3 Å². The molecular weight excluding hydrogens is 162 g/mol. The van der Waals surface area contributed by atoms with Crippen molar-refractivity contribution in [2.75, 3.05) is 20.2 Å². The van der Waals surface area contributed by atoms with Gasteiger partial charge in [-0.05, 0) is 12.6 Å². The van der Waals surface area contributed by atoms with E-state index in [1.54, 1.807) is 0 Å². The molecule has 2 rings (SSSR count). The molecule has 0 amide bonds. The fourth-order valence-electron chi connectivity index (χ4n) is 1.48. The molecule has 13 heavy (non-hydrogen) atoms. The second kappa shape index (κ2) is 3.90. The number of ether oxygens (including phenoxy) is 1. The number of hydrogen-bond acceptors (Lipinski definition) is 2. The fourth-order valence-corrected chi connectivity index (χ4v) is 1.48. The lowest BCUT2D eigenvalue weighted by Crippen LogP contribution is -2.22. The van der Waals surface area contributed by atoms with E-state index in [-0.39, 0.29) is 0 Å². The second-order valence-electron chi connectivity index (χ2n) is 3.64. The maximum absolute atomic E-state index is 5.18. The first-order valence-electron chi connectivity index (χ1n) is 4.68. The van der Waals surface area contributed by atoms with Crippen LogP contribution in [-0.4, -0.2) is 31.2 Å². The van der Waals surface area contributed by atoms with Crippen molar-refractivity contribution in [1.82, 2.24) is 4.90 Å². The third kappa shape index (κ3) is 2.83. The van der Waals surface area contributed by atoms with Gasteiger partial charge in [-0.1, -0.05) is 30.3 Å². The SMILES string of the molecule is CN(Cc1ccccc1)C[C@@H]1CO1. The predicted octanol–water partition coefficient (Wildman–Crippen LogP) is 1.52. The molecule has 0 aromatic heterocycles. The minimum atomic E-state index is 0.494. The maximum Gasteiger partial charge on any atom is 0.0936 e. The quantitative estimate of drug-likeness (QED) is 0.648. The van der Waals surface area contributed by atoms with Gasteiger partial charge in [-0.2, -0.15) is 0 Å². The summed E-state index contributed by atoms with van der Waals surface area (Å²) in [5.74, 6) is 0. The Morgan fingerprint density at radius 1 is 1.38 bits per heavy atom. The molecule has 0 saturated carbocycles. The highest BCUT2D eigenvalue weighted by Gasteiger charge is 2.23. The summed E-state index contributed by atoms with van der Waals surface area (Å²) in [5, 5.41) is 0. The lowest BCUT2D eigenvalue weighted by molar-refractivity contribution is 0.278. The summed E-state index contributed by atoms with van der Waals surface area (Å²) in [6.07, 6.45) is 0.494. The van der Waals surface area contributed by atoms with Gasteiger partial charge in [-0.25, -0.2) is 0 Å². The first-order chi connectivity index (χ1) is 6.34. The van der Waals surface area contributed by atoms with Crippen LogP contribution in [0.4, 0.5) is 0 Å². The van der Waals surface area contributed by atoms with Crippen molar-refractivity contribution in [2.45, 2.75) is 12.6 Å². The van der Waals surface area contributed by atoms with E-state index in [1.807, 2.05) is 6.07 Å². The van der Waals surface area contributed by atoms with Crippen LogP contribution >= 0.6 is 0 Å². The minimum Gasteiger partial charge on any atom is -0.372 e. The molecule has 1 atom stereocenters. The van der Waals surface area contributed by atoms with Crippen LogP contribution in [0.2, 0.25) is 0 Å². The Morgan fingerprint density at radius 3 is 2.69 bits per heavy atom. The molecule has 0 bridgehead atoms. The average Bonchev–Trinajstić information content (AvgIpc) is 2.90. The van der Waals surface area contributed by atoms with Crippen LogP contribution in [0.25, 0.3) is 0 Å². The standard InChI is InChI=1S/C11H15NO/c1-12(8-11-9-13-11)7-10-5-3-2-4-6-10/h2-6,11H,7-9H2,1H3/t11-/m1/s1. The molecule has 1 saturated heterocycles. The van der Waals surface area contributed by atoms with Gasteiger partial charge in [0.15, 0.2) is 0 Å². The van der Waals surface area contributed by atoms with Crippen LogP contribution < -0.4 is 0 Å². The Morgan fingerprint density at radius 2 is 2.08 bits per heavy atom. The molecule has 2 nitrogen and oxygen atoms in total. The maximum atomic E-state index is 5.18. The van der Waals surface area contributed by atoms with Gasteiger partial charge in [0, 0.05) is 13.1 Å². The van der Waals surface area contributed by atoms with Crippen molar-refractivity contribution in [3.05, 3.63) is 35.9 Å². The van der Waals surface area contributed by atoms with E-state index in [0.717, 1.165) is 19.7 Å². The summed E-state index contributed by atoms with van der Waals surface area (Å²) in [4.78, 5) is 2.30. The van der Waals surface area contributed by atoms with E-state index in [4.69, 9.17) is 4.74 Å². The van der Waals surface area contributed by atoms with Crippen molar-refractivity contribution in [3.63, 3.8) is 0 Å². The molecule has 2 heteroatoms. The van der Waals surface area contributed by atoms with E-state index in [9.17, 15) is 0 Å². The minimum absolute atomic E-state index is 0.494. The van der Waals surface area contributed by atoms with Crippen LogP contribution in [0, 0.1) is 0 Å². The lowest BCUT2D eigenvalue weighted by atomic mass is 10.2. The van der Waals surface area contributed by atoms with Gasteiger partial charge >= 0.3 is 0 Å². The number of likely N-dealkylation sites (N-methyl/N-ethyl adjacent to an activating group) is 1. The second-order valence-corrected chi connectivity index (χ2v) is 3.64. The number of epoxide rings is 1. The molecule has 1 fully saturated rings. The first-order valence-corrected chi connectivity index (χ1v) is 4.68. The molecular formula is C11H15NO. The lowest BCUT2D eigenvalue weighted by Gasteiger charge is -2.14. The van der Waals surface area contributed by atoms with E-state index in [1.165, 1.54) is 5.56 Å². The molecule has 0 N–H and O–H groups in total. The highest BCUT2D eigenvalue weighted by atomic mass is 16.6. The Kier molecular flexibility index (Phi) is 2.62. The molecule has 0 aliphatic carbocycles. The summed E-state index contributed by atoms with van der Waals surface area (Å²) in [6, 6.07) is 10.5.